The zero-order chi connectivity index (χ0) is 34.4. The number of ether oxygens (including phenoxy) is 1. The summed E-state index contributed by atoms with van der Waals surface area (Å²) < 4.78 is 8.46. The molecule has 13 heteroatoms. The van der Waals surface area contributed by atoms with Crippen LogP contribution in [-0.4, -0.2) is 21.8 Å². The minimum absolute atomic E-state index is 0.170. The molecule has 246 valence electrons. The van der Waals surface area contributed by atoms with Gasteiger partial charge in [0.05, 0.1) is 0 Å². The van der Waals surface area contributed by atoms with Gasteiger partial charge in [-0.2, -0.15) is 0 Å². The topological polar surface area (TPSA) is 93.7 Å². The number of nitrogens with zero attached hydrogens (tertiary/aromatic N) is 3. The van der Waals surface area contributed by atoms with Crippen molar-refractivity contribution in [1.82, 2.24) is 9.97 Å². The van der Waals surface area contributed by atoms with Gasteiger partial charge in [-0.1, -0.05) is 85.4 Å². The number of rotatable bonds is 11. The summed E-state index contributed by atoms with van der Waals surface area (Å²) in [4.78, 5) is 45.5. The quantitative estimate of drug-likeness (QED) is 0.131. The number of hydrogen-bond acceptors (Lipinski definition) is 7. The molecule has 0 saturated carbocycles. The largest absolute Gasteiger partial charge is 0.471 e. The van der Waals surface area contributed by atoms with Crippen LogP contribution in [0.5, 0.6) is 11.5 Å². The first-order chi connectivity index (χ1) is 23.7. The minimum atomic E-state index is -2.11. The second-order valence-corrected chi connectivity index (χ2v) is 14.0. The number of pyridine rings is 1. The van der Waals surface area contributed by atoms with Crippen molar-refractivity contribution in [3.8, 4) is 11.5 Å². The van der Waals surface area contributed by atoms with Gasteiger partial charge in [0.15, 0.2) is 16.7 Å². The standard InChI is InChI=1S/C36H24Br2Cl2N4O4S/c37-25-8-16-29(17-9-25)47-36(24-6-14-28(40)15-7-24,34(46)43-35-42-21-22-49-35)32(23-4-12-27(39)13-5-23)33(45)44(31-3-1-2-20-41-31)48-30-18-10-26(38)11-19-30/h1-22,32H,(H,42,43,46). The Kier molecular flexibility index (Phi) is 11.0. The SMILES string of the molecule is O=C(C(c1ccc(Cl)cc1)C(Oc1ccc(Br)cc1)(C(=O)Nc1nccs1)c1ccc(Cl)cc1)N(Oc1ccc(Br)cc1)c1ccccn1. The summed E-state index contributed by atoms with van der Waals surface area (Å²) in [6.07, 6.45) is 3.11. The fourth-order valence-corrected chi connectivity index (χ4v) is 6.36. The lowest BCUT2D eigenvalue weighted by Crippen LogP contribution is -2.56. The maximum Gasteiger partial charge on any atom is 0.276 e. The molecule has 6 aromatic rings. The predicted octanol–water partition coefficient (Wildman–Crippen LogP) is 10.1. The molecule has 6 rings (SSSR count). The lowest BCUT2D eigenvalue weighted by Gasteiger charge is -2.40. The van der Waals surface area contributed by atoms with Crippen molar-refractivity contribution in [3.05, 3.63) is 163 Å². The van der Waals surface area contributed by atoms with Crippen molar-refractivity contribution in [2.75, 3.05) is 10.4 Å². The number of hydroxylamine groups is 1. The van der Waals surface area contributed by atoms with E-state index in [1.165, 1.54) is 17.5 Å². The molecule has 0 aliphatic heterocycles. The molecule has 2 atom stereocenters. The highest BCUT2D eigenvalue weighted by molar-refractivity contribution is 9.10. The highest BCUT2D eigenvalue weighted by Crippen LogP contribution is 2.45. The number of anilines is 2. The third-order valence-corrected chi connectivity index (χ3v) is 9.53. The molecule has 0 aliphatic carbocycles. The Morgan fingerprint density at radius 3 is 1.94 bits per heavy atom. The number of benzene rings is 4. The summed E-state index contributed by atoms with van der Waals surface area (Å²) in [5, 5.41) is 6.85. The molecule has 49 heavy (non-hydrogen) atoms. The monoisotopic (exact) mass is 836 g/mol. The van der Waals surface area contributed by atoms with E-state index in [0.29, 0.717) is 37.8 Å². The molecule has 0 saturated heterocycles. The van der Waals surface area contributed by atoms with Crippen LogP contribution in [0.2, 0.25) is 10.0 Å². The van der Waals surface area contributed by atoms with Gasteiger partial charge in [-0.3, -0.25) is 14.9 Å². The Morgan fingerprint density at radius 2 is 1.37 bits per heavy atom. The van der Waals surface area contributed by atoms with Gasteiger partial charge in [-0.15, -0.1) is 16.4 Å². The third kappa shape index (κ3) is 7.98. The third-order valence-electron chi connectivity index (χ3n) is 7.28. The normalized spacial score (nSPS) is 12.7. The average molecular weight is 839 g/mol. The van der Waals surface area contributed by atoms with Crippen LogP contribution in [0, 0.1) is 0 Å². The Balaban J connectivity index is 1.63. The smallest absolute Gasteiger partial charge is 0.276 e. The van der Waals surface area contributed by atoms with Crippen LogP contribution in [0.4, 0.5) is 10.9 Å². The van der Waals surface area contributed by atoms with Crippen LogP contribution >= 0.6 is 66.4 Å². The van der Waals surface area contributed by atoms with Crippen molar-refractivity contribution in [2.24, 2.45) is 0 Å². The highest BCUT2D eigenvalue weighted by Gasteiger charge is 2.56. The van der Waals surface area contributed by atoms with Gasteiger partial charge in [0, 0.05) is 42.3 Å². The fourth-order valence-electron chi connectivity index (χ4n) is 5.06. The second-order valence-electron chi connectivity index (χ2n) is 10.4. The highest BCUT2D eigenvalue weighted by atomic mass is 79.9. The van der Waals surface area contributed by atoms with E-state index in [0.717, 1.165) is 14.0 Å². The van der Waals surface area contributed by atoms with Gasteiger partial charge >= 0.3 is 0 Å². The number of aromatic nitrogens is 2. The van der Waals surface area contributed by atoms with E-state index < -0.39 is 23.3 Å². The van der Waals surface area contributed by atoms with Crippen molar-refractivity contribution in [3.63, 3.8) is 0 Å². The van der Waals surface area contributed by atoms with Crippen LogP contribution < -0.4 is 20.0 Å². The molecular weight excluding hydrogens is 815 g/mol. The molecule has 2 heterocycles. The van der Waals surface area contributed by atoms with Gasteiger partial charge in [-0.05, 0) is 90.5 Å². The Hall–Kier alpha value is -4.26. The van der Waals surface area contributed by atoms with Crippen LogP contribution in [0.3, 0.4) is 0 Å². The molecule has 0 aliphatic rings. The molecule has 2 amide bonds. The number of halogens is 4. The van der Waals surface area contributed by atoms with E-state index in [1.807, 2.05) is 0 Å². The number of amides is 2. The van der Waals surface area contributed by atoms with Crippen molar-refractivity contribution in [2.45, 2.75) is 11.5 Å². The molecule has 8 nitrogen and oxygen atoms in total. The summed E-state index contributed by atoms with van der Waals surface area (Å²) >= 11 is 20.8. The van der Waals surface area contributed by atoms with Crippen LogP contribution in [0.25, 0.3) is 0 Å². The van der Waals surface area contributed by atoms with E-state index in [1.54, 1.807) is 127 Å². The van der Waals surface area contributed by atoms with Crippen molar-refractivity contribution >= 4 is 89.2 Å². The molecule has 0 bridgehead atoms. The van der Waals surface area contributed by atoms with Gasteiger partial charge < -0.3 is 9.57 Å². The Bertz CT molecular complexity index is 2020. The van der Waals surface area contributed by atoms with Gasteiger partial charge in [0.2, 0.25) is 5.60 Å². The van der Waals surface area contributed by atoms with E-state index in [9.17, 15) is 0 Å². The first-order valence-corrected chi connectivity index (χ1v) is 17.8. The summed E-state index contributed by atoms with van der Waals surface area (Å²) in [5.41, 5.74) is -1.38. The molecular formula is C36H24Br2Cl2N4O4S. The Labute approximate surface area is 312 Å². The molecule has 0 radical (unpaired) electrons. The van der Waals surface area contributed by atoms with Crippen LogP contribution in [0.1, 0.15) is 17.0 Å². The lowest BCUT2D eigenvalue weighted by molar-refractivity contribution is -0.143. The maximum absolute atomic E-state index is 15.5. The number of hydrogen-bond donors (Lipinski definition) is 1. The first kappa shape index (κ1) is 34.6. The zero-order valence-electron chi connectivity index (χ0n) is 25.2. The minimum Gasteiger partial charge on any atom is -0.471 e. The summed E-state index contributed by atoms with van der Waals surface area (Å²) in [6.45, 7) is 0. The molecule has 4 aromatic carbocycles. The van der Waals surface area contributed by atoms with Gasteiger partial charge in [-0.25, -0.2) is 9.97 Å². The lowest BCUT2D eigenvalue weighted by atomic mass is 9.75. The molecule has 1 N–H and O–H groups in total. The van der Waals surface area contributed by atoms with Crippen molar-refractivity contribution < 1.29 is 19.2 Å². The summed E-state index contributed by atoms with van der Waals surface area (Å²) in [5.74, 6) is -1.96. The van der Waals surface area contributed by atoms with E-state index in [-0.39, 0.29) is 5.82 Å². The number of thiazole rings is 1. The second kappa shape index (κ2) is 15.5. The van der Waals surface area contributed by atoms with Crippen LogP contribution in [0.15, 0.2) is 142 Å². The molecule has 0 spiro atoms. The summed E-state index contributed by atoms with van der Waals surface area (Å²) in [7, 11) is 0. The number of carbonyl (C=O) groups is 2. The average Bonchev–Trinajstić information content (AvgIpc) is 3.63. The first-order valence-electron chi connectivity index (χ1n) is 14.6. The van der Waals surface area contributed by atoms with E-state index >= 15 is 9.59 Å². The zero-order valence-corrected chi connectivity index (χ0v) is 30.7. The van der Waals surface area contributed by atoms with Crippen molar-refractivity contribution in [1.29, 1.82) is 0 Å². The fraction of sp³-hybridized carbons (Fsp3) is 0.0556. The summed E-state index contributed by atoms with van der Waals surface area (Å²) in [6, 6.07) is 32.2. The predicted molar refractivity (Wildman–Crippen MR) is 199 cm³/mol. The van der Waals surface area contributed by atoms with Crippen LogP contribution in [-0.2, 0) is 15.2 Å². The molecule has 2 unspecified atom stereocenters. The van der Waals surface area contributed by atoms with E-state index in [2.05, 4.69) is 47.1 Å². The molecule has 0 fully saturated rings. The number of nitrogens with one attached hydrogen (secondary N) is 1. The molecule has 2 aromatic heterocycles. The van der Waals surface area contributed by atoms with Gasteiger partial charge in [0.25, 0.3) is 11.8 Å². The maximum atomic E-state index is 15.5. The number of carbonyl (C=O) groups excluding carboxylic acids is 2. The van der Waals surface area contributed by atoms with Gasteiger partial charge in [0.1, 0.15) is 11.7 Å². The van der Waals surface area contributed by atoms with E-state index in [4.69, 9.17) is 32.8 Å². The Morgan fingerprint density at radius 1 is 0.755 bits per heavy atom.